The molecule has 2 heterocycles. The van der Waals surface area contributed by atoms with E-state index in [1.807, 2.05) is 0 Å². The van der Waals surface area contributed by atoms with Crippen LogP contribution in [0.15, 0.2) is 45.7 Å². The third kappa shape index (κ3) is 3.24. The number of amides is 1. The Kier molecular flexibility index (Phi) is 4.49. The summed E-state index contributed by atoms with van der Waals surface area (Å²) in [6.07, 6.45) is 1.52. The molecule has 0 spiro atoms. The van der Waals surface area contributed by atoms with Gasteiger partial charge in [0, 0.05) is 12.6 Å². The number of rotatable bonds is 4. The third-order valence-corrected chi connectivity index (χ3v) is 6.24. The van der Waals surface area contributed by atoms with E-state index in [2.05, 4.69) is 0 Å². The maximum atomic E-state index is 12.8. The quantitative estimate of drug-likeness (QED) is 0.853. The fraction of sp³-hybridized carbons (Fsp3) is 0.389. The molecule has 0 saturated carbocycles. The molecule has 24 heavy (non-hydrogen) atoms. The molecule has 6 heteroatoms. The van der Waals surface area contributed by atoms with E-state index in [9.17, 15) is 13.2 Å². The molecule has 5 nitrogen and oxygen atoms in total. The largest absolute Gasteiger partial charge is 0.466 e. The van der Waals surface area contributed by atoms with Crippen molar-refractivity contribution in [1.29, 1.82) is 0 Å². The first-order valence-corrected chi connectivity index (χ1v) is 9.69. The molecular weight excluding hydrogens is 326 g/mol. The number of furan rings is 1. The molecule has 1 aromatic heterocycles. The van der Waals surface area contributed by atoms with Crippen molar-refractivity contribution in [2.45, 2.75) is 37.6 Å². The van der Waals surface area contributed by atoms with E-state index < -0.39 is 9.84 Å². The van der Waals surface area contributed by atoms with E-state index in [0.29, 0.717) is 34.9 Å². The van der Waals surface area contributed by atoms with Gasteiger partial charge in [0.05, 0.1) is 16.2 Å². The van der Waals surface area contributed by atoms with Crippen LogP contribution in [0, 0.1) is 13.8 Å². The van der Waals surface area contributed by atoms with Gasteiger partial charge in [0.15, 0.2) is 9.84 Å². The minimum atomic E-state index is -3.41. The van der Waals surface area contributed by atoms with Gasteiger partial charge < -0.3 is 9.32 Å². The van der Waals surface area contributed by atoms with Crippen molar-refractivity contribution in [3.8, 4) is 0 Å². The van der Waals surface area contributed by atoms with Crippen molar-refractivity contribution in [2.75, 3.05) is 12.3 Å². The highest BCUT2D eigenvalue weighted by Crippen LogP contribution is 2.25. The summed E-state index contributed by atoms with van der Waals surface area (Å²) < 4.78 is 30.6. The van der Waals surface area contributed by atoms with Gasteiger partial charge in [-0.05, 0) is 44.9 Å². The number of likely N-dealkylation sites (tertiary alicyclic amines) is 1. The molecule has 3 rings (SSSR count). The highest BCUT2D eigenvalue weighted by atomic mass is 32.2. The molecule has 1 aliphatic heterocycles. The van der Waals surface area contributed by atoms with Crippen LogP contribution in [-0.4, -0.2) is 37.6 Å². The van der Waals surface area contributed by atoms with Gasteiger partial charge in [-0.3, -0.25) is 4.79 Å². The highest BCUT2D eigenvalue weighted by molar-refractivity contribution is 7.91. The number of hydrogen-bond donors (Lipinski definition) is 0. The average Bonchev–Trinajstić information content (AvgIpc) is 3.13. The van der Waals surface area contributed by atoms with Crippen LogP contribution in [0.2, 0.25) is 0 Å². The molecule has 1 saturated heterocycles. The molecule has 0 bridgehead atoms. The van der Waals surface area contributed by atoms with E-state index in [4.69, 9.17) is 4.42 Å². The Hall–Kier alpha value is -2.08. The van der Waals surface area contributed by atoms with Crippen LogP contribution in [0.1, 0.15) is 34.7 Å². The zero-order valence-electron chi connectivity index (χ0n) is 13.9. The zero-order chi connectivity index (χ0) is 17.3. The molecule has 1 aliphatic rings. The first-order valence-electron chi connectivity index (χ1n) is 8.04. The van der Waals surface area contributed by atoms with Gasteiger partial charge in [0.25, 0.3) is 5.91 Å². The summed E-state index contributed by atoms with van der Waals surface area (Å²) in [6.45, 7) is 4.13. The van der Waals surface area contributed by atoms with Crippen LogP contribution in [0.25, 0.3) is 0 Å². The van der Waals surface area contributed by atoms with E-state index in [-0.39, 0.29) is 17.7 Å². The first-order chi connectivity index (χ1) is 11.4. The number of aryl methyl sites for hydroxylation is 2. The number of nitrogens with zero attached hydrogens (tertiary/aromatic N) is 1. The lowest BCUT2D eigenvalue weighted by molar-refractivity contribution is 0.0747. The number of sulfone groups is 1. The number of hydrogen-bond acceptors (Lipinski definition) is 4. The summed E-state index contributed by atoms with van der Waals surface area (Å²) in [5.74, 6) is 1.08. The predicted octanol–water partition coefficient (Wildman–Crippen LogP) is 2.97. The van der Waals surface area contributed by atoms with E-state index in [0.717, 1.165) is 6.42 Å². The minimum Gasteiger partial charge on any atom is -0.466 e. The molecule has 0 aliphatic carbocycles. The van der Waals surface area contributed by atoms with Gasteiger partial charge in [-0.15, -0.1) is 0 Å². The van der Waals surface area contributed by atoms with Crippen LogP contribution in [0.4, 0.5) is 0 Å². The lowest BCUT2D eigenvalue weighted by Gasteiger charge is -2.24. The van der Waals surface area contributed by atoms with Gasteiger partial charge >= 0.3 is 0 Å². The second-order valence-electron chi connectivity index (χ2n) is 6.22. The molecule has 1 aromatic carbocycles. The molecule has 0 N–H and O–H groups in total. The average molecular weight is 347 g/mol. The number of benzene rings is 1. The van der Waals surface area contributed by atoms with Gasteiger partial charge in [0.1, 0.15) is 11.5 Å². The lowest BCUT2D eigenvalue weighted by Crippen LogP contribution is -2.39. The van der Waals surface area contributed by atoms with Crippen molar-refractivity contribution in [3.05, 3.63) is 53.5 Å². The smallest absolute Gasteiger partial charge is 0.257 e. The monoisotopic (exact) mass is 347 g/mol. The summed E-state index contributed by atoms with van der Waals surface area (Å²) in [5, 5.41) is 0. The molecule has 1 atom stereocenters. The summed E-state index contributed by atoms with van der Waals surface area (Å²) in [4.78, 5) is 14.8. The van der Waals surface area contributed by atoms with Crippen LogP contribution in [0.3, 0.4) is 0 Å². The topological polar surface area (TPSA) is 67.6 Å². The second-order valence-corrected chi connectivity index (χ2v) is 8.25. The van der Waals surface area contributed by atoms with E-state index in [1.54, 1.807) is 55.1 Å². The van der Waals surface area contributed by atoms with Crippen molar-refractivity contribution in [2.24, 2.45) is 0 Å². The standard InChI is InChI=1S/C18H21NO4S/c1-13-11-17(14(2)23-13)18(20)19-10-6-7-15(19)12-24(21,22)16-8-4-3-5-9-16/h3-5,8-9,11,15H,6-7,10,12H2,1-2H3. The maximum absolute atomic E-state index is 12.8. The summed E-state index contributed by atoms with van der Waals surface area (Å²) in [7, 11) is -3.41. The number of carbonyl (C=O) groups excluding carboxylic acids is 1. The van der Waals surface area contributed by atoms with Crippen molar-refractivity contribution in [3.63, 3.8) is 0 Å². The zero-order valence-corrected chi connectivity index (χ0v) is 14.7. The summed E-state index contributed by atoms with van der Waals surface area (Å²) in [5.41, 5.74) is 0.525. The molecule has 1 amide bonds. The Morgan fingerprint density at radius 1 is 1.25 bits per heavy atom. The third-order valence-electron chi connectivity index (χ3n) is 4.42. The van der Waals surface area contributed by atoms with Crippen LogP contribution < -0.4 is 0 Å². The van der Waals surface area contributed by atoms with Gasteiger partial charge in [-0.2, -0.15) is 0 Å². The van der Waals surface area contributed by atoms with Gasteiger partial charge in [-0.1, -0.05) is 18.2 Å². The Bertz CT molecular complexity index is 839. The Balaban J connectivity index is 1.81. The molecular formula is C18H21NO4S. The Morgan fingerprint density at radius 2 is 1.96 bits per heavy atom. The second kappa shape index (κ2) is 6.43. The van der Waals surface area contributed by atoms with Gasteiger partial charge in [-0.25, -0.2) is 8.42 Å². The van der Waals surface area contributed by atoms with E-state index >= 15 is 0 Å². The highest BCUT2D eigenvalue weighted by Gasteiger charge is 2.34. The molecule has 1 unspecified atom stereocenters. The predicted molar refractivity (Wildman–Crippen MR) is 90.7 cm³/mol. The van der Waals surface area contributed by atoms with E-state index in [1.165, 1.54) is 0 Å². The summed E-state index contributed by atoms with van der Waals surface area (Å²) in [6, 6.07) is 9.83. The number of carbonyl (C=O) groups is 1. The fourth-order valence-electron chi connectivity index (χ4n) is 3.25. The molecule has 128 valence electrons. The Labute approximate surface area is 142 Å². The summed E-state index contributed by atoms with van der Waals surface area (Å²) >= 11 is 0. The SMILES string of the molecule is Cc1cc(C(=O)N2CCCC2CS(=O)(=O)c2ccccc2)c(C)o1. The molecule has 1 fully saturated rings. The van der Waals surface area contributed by atoms with Crippen LogP contribution in [0.5, 0.6) is 0 Å². The molecule has 2 aromatic rings. The Morgan fingerprint density at radius 3 is 2.58 bits per heavy atom. The van der Waals surface area contributed by atoms with Crippen molar-refractivity contribution >= 4 is 15.7 Å². The minimum absolute atomic E-state index is 0.0430. The van der Waals surface area contributed by atoms with Crippen molar-refractivity contribution in [1.82, 2.24) is 4.90 Å². The van der Waals surface area contributed by atoms with Crippen molar-refractivity contribution < 1.29 is 17.6 Å². The van der Waals surface area contributed by atoms with Crippen LogP contribution >= 0.6 is 0 Å². The van der Waals surface area contributed by atoms with Gasteiger partial charge in [0.2, 0.25) is 0 Å². The van der Waals surface area contributed by atoms with Crippen LogP contribution in [-0.2, 0) is 9.84 Å². The lowest BCUT2D eigenvalue weighted by atomic mass is 10.2. The molecule has 0 radical (unpaired) electrons. The fourth-order valence-corrected chi connectivity index (χ4v) is 4.87. The first kappa shape index (κ1) is 16.8. The normalized spacial score (nSPS) is 18.1. The maximum Gasteiger partial charge on any atom is 0.257 e.